The van der Waals surface area contributed by atoms with E-state index in [1.165, 1.54) is 23.2 Å². The maximum absolute atomic E-state index is 13.0. The van der Waals surface area contributed by atoms with Gasteiger partial charge >= 0.3 is 0 Å². The first-order chi connectivity index (χ1) is 14.3. The number of rotatable bonds is 3. The minimum absolute atomic E-state index is 0.000807. The van der Waals surface area contributed by atoms with E-state index in [0.29, 0.717) is 46.6 Å². The van der Waals surface area contributed by atoms with Gasteiger partial charge in [-0.25, -0.2) is 4.98 Å². The van der Waals surface area contributed by atoms with Crippen molar-refractivity contribution in [2.45, 2.75) is 33.6 Å². The number of H-pyrrole nitrogens is 1. The minimum Gasteiger partial charge on any atom is -0.338 e. The highest BCUT2D eigenvalue weighted by Gasteiger charge is 2.30. The molecule has 0 atom stereocenters. The summed E-state index contributed by atoms with van der Waals surface area (Å²) in [6, 6.07) is 5.89. The van der Waals surface area contributed by atoms with Gasteiger partial charge in [-0.05, 0) is 62.4 Å². The average Bonchev–Trinajstić information content (AvgIpc) is 3.08. The van der Waals surface area contributed by atoms with Gasteiger partial charge in [0.2, 0.25) is 5.91 Å². The van der Waals surface area contributed by atoms with Crippen LogP contribution in [0.15, 0.2) is 29.3 Å². The first-order valence-corrected chi connectivity index (χ1v) is 10.8. The predicted octanol–water partition coefficient (Wildman–Crippen LogP) is 3.40. The molecule has 1 aliphatic rings. The van der Waals surface area contributed by atoms with Crippen molar-refractivity contribution >= 4 is 39.1 Å². The van der Waals surface area contributed by atoms with Gasteiger partial charge in [-0.2, -0.15) is 0 Å². The van der Waals surface area contributed by atoms with Crippen LogP contribution in [-0.2, 0) is 4.79 Å². The van der Waals surface area contributed by atoms with E-state index in [1.54, 1.807) is 11.8 Å². The van der Waals surface area contributed by atoms with Crippen molar-refractivity contribution < 1.29 is 9.59 Å². The molecule has 2 aromatic heterocycles. The number of hydrogen-bond donors (Lipinski definition) is 2. The smallest absolute Gasteiger partial charge is 0.264 e. The first kappa shape index (κ1) is 20.3. The van der Waals surface area contributed by atoms with Gasteiger partial charge in [0.25, 0.3) is 11.5 Å². The SMILES string of the molecule is Cc1ccc(NC(=O)C2CCN(C(=O)c3sc4nc[nH]c(=O)c4c3C)CC2)cc1C. The van der Waals surface area contributed by atoms with Gasteiger partial charge in [-0.15, -0.1) is 11.3 Å². The zero-order valence-electron chi connectivity index (χ0n) is 17.2. The maximum Gasteiger partial charge on any atom is 0.264 e. The largest absolute Gasteiger partial charge is 0.338 e. The van der Waals surface area contributed by atoms with Crippen molar-refractivity contribution in [3.63, 3.8) is 0 Å². The van der Waals surface area contributed by atoms with E-state index in [9.17, 15) is 14.4 Å². The van der Waals surface area contributed by atoms with Gasteiger partial charge in [0.05, 0.1) is 16.6 Å². The Bertz CT molecular complexity index is 1190. The van der Waals surface area contributed by atoms with Crippen LogP contribution in [-0.4, -0.2) is 39.8 Å². The first-order valence-electron chi connectivity index (χ1n) is 9.99. The Morgan fingerprint density at radius 1 is 1.17 bits per heavy atom. The van der Waals surface area contributed by atoms with E-state index in [0.717, 1.165) is 11.3 Å². The van der Waals surface area contributed by atoms with Crippen molar-refractivity contribution in [2.75, 3.05) is 18.4 Å². The van der Waals surface area contributed by atoms with E-state index in [-0.39, 0.29) is 23.3 Å². The number of fused-ring (bicyclic) bond motifs is 1. The molecule has 7 nitrogen and oxygen atoms in total. The van der Waals surface area contributed by atoms with Gasteiger partial charge in [0.15, 0.2) is 0 Å². The van der Waals surface area contributed by atoms with Crippen LogP contribution in [0, 0.1) is 26.7 Å². The predicted molar refractivity (Wildman–Crippen MR) is 118 cm³/mol. The lowest BCUT2D eigenvalue weighted by molar-refractivity contribution is -0.121. The zero-order chi connectivity index (χ0) is 21.4. The molecule has 1 aliphatic heterocycles. The number of amides is 2. The highest BCUT2D eigenvalue weighted by atomic mass is 32.1. The highest BCUT2D eigenvalue weighted by molar-refractivity contribution is 7.20. The Balaban J connectivity index is 1.42. The molecule has 3 heterocycles. The lowest BCUT2D eigenvalue weighted by atomic mass is 9.95. The molecule has 0 spiro atoms. The Morgan fingerprint density at radius 3 is 2.57 bits per heavy atom. The molecule has 0 bridgehead atoms. The number of hydrogen-bond acceptors (Lipinski definition) is 5. The Kier molecular flexibility index (Phi) is 5.42. The van der Waals surface area contributed by atoms with Crippen molar-refractivity contribution in [1.29, 1.82) is 0 Å². The highest BCUT2D eigenvalue weighted by Crippen LogP contribution is 2.29. The third-order valence-corrected chi connectivity index (χ3v) is 7.04. The number of aromatic nitrogens is 2. The van der Waals surface area contributed by atoms with Crippen molar-refractivity contribution in [2.24, 2.45) is 5.92 Å². The number of nitrogens with one attached hydrogen (secondary N) is 2. The maximum atomic E-state index is 13.0. The van der Waals surface area contributed by atoms with Crippen LogP contribution in [0.5, 0.6) is 0 Å². The van der Waals surface area contributed by atoms with Crippen LogP contribution in [0.4, 0.5) is 5.69 Å². The zero-order valence-corrected chi connectivity index (χ0v) is 18.1. The minimum atomic E-state index is -0.227. The molecule has 0 saturated carbocycles. The number of likely N-dealkylation sites (tertiary alicyclic amines) is 1. The van der Waals surface area contributed by atoms with E-state index < -0.39 is 0 Å². The summed E-state index contributed by atoms with van der Waals surface area (Å²) in [4.78, 5) is 47.4. The summed E-state index contributed by atoms with van der Waals surface area (Å²) in [7, 11) is 0. The number of aryl methyl sites for hydroxylation is 3. The number of piperidine rings is 1. The number of benzene rings is 1. The summed E-state index contributed by atoms with van der Waals surface area (Å²) >= 11 is 1.25. The van der Waals surface area contributed by atoms with Crippen LogP contribution < -0.4 is 10.9 Å². The number of nitrogens with zero attached hydrogens (tertiary/aromatic N) is 2. The summed E-state index contributed by atoms with van der Waals surface area (Å²) in [5, 5.41) is 3.48. The average molecular weight is 425 g/mol. The van der Waals surface area contributed by atoms with Gasteiger partial charge in [-0.1, -0.05) is 6.07 Å². The molecule has 2 amide bonds. The molecule has 30 heavy (non-hydrogen) atoms. The summed E-state index contributed by atoms with van der Waals surface area (Å²) in [6.45, 7) is 6.88. The second-order valence-electron chi connectivity index (χ2n) is 7.82. The molecule has 0 unspecified atom stereocenters. The molecule has 1 fully saturated rings. The van der Waals surface area contributed by atoms with Crippen LogP contribution in [0.1, 0.15) is 39.2 Å². The summed E-state index contributed by atoms with van der Waals surface area (Å²) in [5.74, 6) is -0.217. The topological polar surface area (TPSA) is 95.2 Å². The van der Waals surface area contributed by atoms with Crippen LogP contribution in [0.25, 0.3) is 10.2 Å². The number of carbonyl (C=O) groups excluding carboxylic acids is 2. The third-order valence-electron chi connectivity index (χ3n) is 5.85. The molecule has 156 valence electrons. The van der Waals surface area contributed by atoms with Gasteiger partial charge in [0.1, 0.15) is 4.83 Å². The van der Waals surface area contributed by atoms with Crippen LogP contribution in [0.2, 0.25) is 0 Å². The Hall–Kier alpha value is -3.00. The fourth-order valence-corrected chi connectivity index (χ4v) is 4.95. The van der Waals surface area contributed by atoms with E-state index in [4.69, 9.17) is 0 Å². The standard InChI is InChI=1S/C22H24N4O3S/c1-12-4-5-16(10-13(12)2)25-19(27)15-6-8-26(9-7-15)22(29)18-14(3)17-20(28)23-11-24-21(17)30-18/h4-5,10-11,15H,6-9H2,1-3H3,(H,25,27)(H,23,24,28). The van der Waals surface area contributed by atoms with Crippen molar-refractivity contribution in [3.05, 3.63) is 56.4 Å². The molecule has 1 saturated heterocycles. The normalized spacial score (nSPS) is 14.8. The van der Waals surface area contributed by atoms with E-state index in [2.05, 4.69) is 15.3 Å². The van der Waals surface area contributed by atoms with E-state index >= 15 is 0 Å². The van der Waals surface area contributed by atoms with Gasteiger partial charge < -0.3 is 15.2 Å². The number of aromatic amines is 1. The summed E-state index contributed by atoms with van der Waals surface area (Å²) < 4.78 is 0. The Morgan fingerprint density at radius 2 is 1.90 bits per heavy atom. The second-order valence-corrected chi connectivity index (χ2v) is 8.82. The van der Waals surface area contributed by atoms with Crippen LogP contribution >= 0.6 is 11.3 Å². The van der Waals surface area contributed by atoms with Crippen LogP contribution in [0.3, 0.4) is 0 Å². The molecule has 2 N–H and O–H groups in total. The van der Waals surface area contributed by atoms with Crippen molar-refractivity contribution in [1.82, 2.24) is 14.9 Å². The Labute approximate surface area is 178 Å². The summed E-state index contributed by atoms with van der Waals surface area (Å²) in [5.41, 5.74) is 3.58. The molecule has 1 aromatic carbocycles. The van der Waals surface area contributed by atoms with Crippen molar-refractivity contribution in [3.8, 4) is 0 Å². The molecular weight excluding hydrogens is 400 g/mol. The molecule has 4 rings (SSSR count). The second kappa shape index (κ2) is 8.02. The molecule has 0 aliphatic carbocycles. The van der Waals surface area contributed by atoms with Gasteiger partial charge in [0, 0.05) is 24.7 Å². The molecule has 3 aromatic rings. The molecule has 8 heteroatoms. The number of carbonyl (C=O) groups is 2. The van der Waals surface area contributed by atoms with Gasteiger partial charge in [-0.3, -0.25) is 14.4 Å². The molecule has 0 radical (unpaired) electrons. The fourth-order valence-electron chi connectivity index (χ4n) is 3.83. The number of anilines is 1. The summed E-state index contributed by atoms with van der Waals surface area (Å²) in [6.07, 6.45) is 2.59. The molecular formula is C22H24N4O3S. The van der Waals surface area contributed by atoms with E-state index in [1.807, 2.05) is 32.0 Å². The number of thiophene rings is 1. The monoisotopic (exact) mass is 424 g/mol. The quantitative estimate of drug-likeness (QED) is 0.674. The lowest BCUT2D eigenvalue weighted by Crippen LogP contribution is -2.41. The lowest BCUT2D eigenvalue weighted by Gasteiger charge is -2.31. The third kappa shape index (κ3) is 3.75. The fraction of sp³-hybridized carbons (Fsp3) is 0.364.